The molecule has 4 aliphatic carbocycles. The van der Waals surface area contributed by atoms with Gasteiger partial charge in [-0.3, -0.25) is 19.2 Å². The Kier molecular flexibility index (Phi) is 10.3. The molecule has 5 amide bonds. The monoisotopic (exact) mass is 753 g/mol. The first-order valence-corrected chi connectivity index (χ1v) is 21.2. The number of nitrogens with zero attached hydrogens (tertiary/aromatic N) is 1. The summed E-state index contributed by atoms with van der Waals surface area (Å²) in [6.07, 6.45) is 7.77. The van der Waals surface area contributed by atoms with Gasteiger partial charge in [-0.25, -0.2) is 13.2 Å². The van der Waals surface area contributed by atoms with E-state index in [2.05, 4.69) is 29.8 Å². The van der Waals surface area contributed by atoms with Crippen LogP contribution in [0.2, 0.25) is 0 Å². The fraction of sp³-hybridized carbons (Fsp3) is 0.725. The Bertz CT molecular complexity index is 1730. The van der Waals surface area contributed by atoms with Crippen LogP contribution in [0, 0.1) is 28.6 Å². The van der Waals surface area contributed by atoms with Gasteiger partial charge in [-0.15, -0.1) is 0 Å². The quantitative estimate of drug-likeness (QED) is 0.235. The first-order chi connectivity index (χ1) is 24.7. The van der Waals surface area contributed by atoms with Crippen molar-refractivity contribution < 1.29 is 32.4 Å². The largest absolute Gasteiger partial charge is 0.363 e. The average molecular weight is 754 g/mol. The van der Waals surface area contributed by atoms with Crippen molar-refractivity contribution in [3.05, 3.63) is 35.4 Å². The van der Waals surface area contributed by atoms with Crippen molar-refractivity contribution in [2.24, 2.45) is 34.3 Å². The molecule has 1 aromatic rings. The number of sulfone groups is 1. The highest BCUT2D eigenvalue weighted by atomic mass is 32.2. The van der Waals surface area contributed by atoms with E-state index in [-0.39, 0.29) is 34.8 Å². The molecule has 0 radical (unpaired) electrons. The molecule has 292 valence electrons. The molecular weight excluding hydrogens is 695 g/mol. The molecule has 0 aromatic heterocycles. The molecule has 1 aliphatic heterocycles. The van der Waals surface area contributed by atoms with E-state index in [1.54, 1.807) is 25.7 Å². The molecule has 3 unspecified atom stereocenters. The lowest BCUT2D eigenvalue weighted by Crippen LogP contribution is -2.64. The normalized spacial score (nSPS) is 27.4. The summed E-state index contributed by atoms with van der Waals surface area (Å²) in [5.41, 5.74) is 5.74. The summed E-state index contributed by atoms with van der Waals surface area (Å²) >= 11 is 0. The first kappa shape index (κ1) is 39.2. The zero-order chi connectivity index (χ0) is 38.7. The third-order valence-corrected chi connectivity index (χ3v) is 16.9. The van der Waals surface area contributed by atoms with Gasteiger partial charge in [-0.1, -0.05) is 83.6 Å². The van der Waals surface area contributed by atoms with Crippen LogP contribution in [-0.2, 0) is 41.9 Å². The van der Waals surface area contributed by atoms with Crippen molar-refractivity contribution in [1.29, 1.82) is 0 Å². The number of benzene rings is 1. The van der Waals surface area contributed by atoms with E-state index in [0.29, 0.717) is 38.6 Å². The van der Waals surface area contributed by atoms with Crippen LogP contribution < -0.4 is 21.7 Å². The molecule has 12 nitrogen and oxygen atoms in total. The predicted molar refractivity (Wildman–Crippen MR) is 201 cm³/mol. The maximum Gasteiger partial charge on any atom is 0.315 e. The van der Waals surface area contributed by atoms with E-state index in [0.717, 1.165) is 49.7 Å². The molecule has 1 saturated heterocycles. The molecule has 3 saturated carbocycles. The molecule has 0 bridgehead atoms. The third kappa shape index (κ3) is 7.23. The molecule has 5 aliphatic rings. The number of ketones is 1. The van der Waals surface area contributed by atoms with Crippen molar-refractivity contribution in [3.63, 3.8) is 0 Å². The van der Waals surface area contributed by atoms with Crippen LogP contribution in [0.5, 0.6) is 0 Å². The Morgan fingerprint density at radius 3 is 2.06 bits per heavy atom. The minimum absolute atomic E-state index is 0.00464. The summed E-state index contributed by atoms with van der Waals surface area (Å²) in [4.78, 5) is 70.2. The topological polar surface area (TPSA) is 185 Å². The number of piperidine rings is 1. The van der Waals surface area contributed by atoms with Crippen molar-refractivity contribution in [1.82, 2.24) is 20.9 Å². The van der Waals surface area contributed by atoms with Gasteiger partial charge < -0.3 is 26.6 Å². The van der Waals surface area contributed by atoms with Gasteiger partial charge in [0.15, 0.2) is 9.84 Å². The van der Waals surface area contributed by atoms with Gasteiger partial charge in [0.05, 0.1) is 22.1 Å². The summed E-state index contributed by atoms with van der Waals surface area (Å²) in [6, 6.07) is 4.30. The van der Waals surface area contributed by atoms with Gasteiger partial charge in [0, 0.05) is 12.0 Å². The van der Waals surface area contributed by atoms with Crippen LogP contribution in [0.1, 0.15) is 110 Å². The van der Waals surface area contributed by atoms with E-state index >= 15 is 4.79 Å². The van der Waals surface area contributed by atoms with Crippen molar-refractivity contribution >= 4 is 39.4 Å². The van der Waals surface area contributed by atoms with Crippen molar-refractivity contribution in [2.75, 3.05) is 12.3 Å². The molecule has 13 heteroatoms. The van der Waals surface area contributed by atoms with Gasteiger partial charge in [0.1, 0.15) is 12.1 Å². The number of urea groups is 1. The van der Waals surface area contributed by atoms with E-state index in [1.807, 2.05) is 31.2 Å². The van der Waals surface area contributed by atoms with Crippen LogP contribution in [0.4, 0.5) is 4.79 Å². The highest BCUT2D eigenvalue weighted by Gasteiger charge is 2.78. The van der Waals surface area contributed by atoms with Crippen LogP contribution in [0.15, 0.2) is 24.3 Å². The van der Waals surface area contributed by atoms with Crippen molar-refractivity contribution in [2.45, 2.75) is 141 Å². The molecule has 5 atom stereocenters. The number of likely N-dealkylation sites (tertiary alicyclic amines) is 1. The minimum atomic E-state index is -3.59. The Labute approximate surface area is 314 Å². The molecular formula is C40H59N5O7S. The lowest BCUT2D eigenvalue weighted by Gasteiger charge is -2.41. The SMILES string of the molecule is CC1(C)C2CN(C(=O)[C@@H](NC(=O)NC3(CS(=O)(=O)C(C)(C)C)CCCCC3)C3Cc4ccccc4C3)[C@H](C(=O)NC(CC3CCC3)C(=O)C(N)=O)C21C. The second-order valence-corrected chi connectivity index (χ2v) is 21.2. The van der Waals surface area contributed by atoms with E-state index in [1.165, 1.54) is 0 Å². The van der Waals surface area contributed by atoms with E-state index < -0.39 is 67.3 Å². The van der Waals surface area contributed by atoms with Gasteiger partial charge in [0.2, 0.25) is 17.6 Å². The maximum absolute atomic E-state index is 15.0. The number of Topliss-reactive ketones (excluding diaryl/α,β-unsaturated/α-hetero) is 1. The molecule has 1 heterocycles. The smallest absolute Gasteiger partial charge is 0.315 e. The fourth-order valence-electron chi connectivity index (χ4n) is 9.99. The summed E-state index contributed by atoms with van der Waals surface area (Å²) in [5, 5.41) is 8.95. The van der Waals surface area contributed by atoms with Gasteiger partial charge in [-0.2, -0.15) is 0 Å². The number of carbonyl (C=O) groups is 5. The fourth-order valence-corrected chi connectivity index (χ4v) is 11.5. The zero-order valence-electron chi connectivity index (χ0n) is 32.3. The number of fused-ring (bicyclic) bond motifs is 2. The van der Waals surface area contributed by atoms with Gasteiger partial charge >= 0.3 is 6.03 Å². The number of amides is 5. The minimum Gasteiger partial charge on any atom is -0.363 e. The number of carbonyl (C=O) groups excluding carboxylic acids is 5. The van der Waals surface area contributed by atoms with Crippen LogP contribution in [-0.4, -0.2) is 83.6 Å². The molecule has 5 N–H and O–H groups in total. The summed E-state index contributed by atoms with van der Waals surface area (Å²) in [7, 11) is -3.59. The first-order valence-electron chi connectivity index (χ1n) is 19.5. The van der Waals surface area contributed by atoms with Crippen molar-refractivity contribution in [3.8, 4) is 0 Å². The molecule has 1 aromatic carbocycles. The Morgan fingerprint density at radius 2 is 1.53 bits per heavy atom. The van der Waals surface area contributed by atoms with Crippen LogP contribution >= 0.6 is 0 Å². The average Bonchev–Trinajstić information content (AvgIpc) is 3.41. The number of nitrogens with one attached hydrogen (secondary N) is 3. The molecule has 53 heavy (non-hydrogen) atoms. The number of primary amides is 1. The second kappa shape index (κ2) is 14.0. The number of hydrogen-bond acceptors (Lipinski definition) is 7. The lowest BCUT2D eigenvalue weighted by atomic mass is 9.80. The maximum atomic E-state index is 15.0. The standard InChI is InChI=1S/C40H59N5O7S/c1-37(2,3)53(51,52)23-40(17-10-7-11-18-40)44-36(50)43-30(27-20-25-15-8-9-16-26(25)21-27)35(49)45-22-29-38(4,5)39(29,6)32(45)34(48)42-28(31(46)33(41)47)19-24-13-12-14-24/h8-9,15-16,24,27-30,32H,7,10-14,17-23H2,1-6H3,(H2,41,47)(H,42,48)(H2,43,44,50)/t28?,29?,30-,32+,39?/m0/s1. The third-order valence-electron chi connectivity index (χ3n) is 14.1. The Hall–Kier alpha value is -3.48. The summed E-state index contributed by atoms with van der Waals surface area (Å²) in [5.74, 6) is -3.15. The van der Waals surface area contributed by atoms with Gasteiger partial charge in [-0.05, 0) is 87.2 Å². The van der Waals surface area contributed by atoms with E-state index in [4.69, 9.17) is 5.73 Å². The highest BCUT2D eigenvalue weighted by molar-refractivity contribution is 7.92. The summed E-state index contributed by atoms with van der Waals surface area (Å²) in [6.45, 7) is 11.4. The van der Waals surface area contributed by atoms with Crippen LogP contribution in [0.25, 0.3) is 0 Å². The zero-order valence-corrected chi connectivity index (χ0v) is 33.1. The van der Waals surface area contributed by atoms with E-state index in [9.17, 15) is 27.6 Å². The molecule has 6 rings (SSSR count). The Balaban J connectivity index is 1.29. The molecule has 0 spiro atoms. The predicted octanol–water partition coefficient (Wildman–Crippen LogP) is 3.59. The van der Waals surface area contributed by atoms with Gasteiger partial charge in [0.25, 0.3) is 5.91 Å². The van der Waals surface area contributed by atoms with Crippen LogP contribution in [0.3, 0.4) is 0 Å². The second-order valence-electron chi connectivity index (χ2n) is 18.5. The lowest BCUT2D eigenvalue weighted by molar-refractivity contribution is -0.145. The summed E-state index contributed by atoms with van der Waals surface area (Å²) < 4.78 is 26.0. The number of nitrogens with two attached hydrogens (primary N) is 1. The number of hydrogen-bond donors (Lipinski definition) is 4. The Morgan fingerprint density at radius 1 is 0.925 bits per heavy atom. The molecule has 4 fully saturated rings. The number of rotatable bonds is 12. The highest BCUT2D eigenvalue weighted by Crippen LogP contribution is 2.74.